The minimum atomic E-state index is -0.977. The van der Waals surface area contributed by atoms with Crippen LogP contribution in [0.3, 0.4) is 0 Å². The molecule has 1 unspecified atom stereocenters. The summed E-state index contributed by atoms with van der Waals surface area (Å²) in [5.41, 5.74) is 4.23. The number of piperidine rings is 1. The Morgan fingerprint density at radius 2 is 1.55 bits per heavy atom. The molecule has 0 saturated carbocycles. The van der Waals surface area contributed by atoms with E-state index in [1.54, 1.807) is 0 Å². The van der Waals surface area contributed by atoms with Crippen LogP contribution in [-0.2, 0) is 53.0 Å². The smallest absolute Gasteiger partial charge is 0.408 e. The Kier molecular flexibility index (Phi) is 10.8. The fraction of sp³-hybridized carbons (Fsp3) is 0.462. The molecule has 4 fully saturated rings. The maximum absolute atomic E-state index is 13.1. The highest BCUT2D eigenvalue weighted by molar-refractivity contribution is 6.06. The molecule has 51 heavy (non-hydrogen) atoms. The normalized spacial score (nSPS) is 26.5. The van der Waals surface area contributed by atoms with Gasteiger partial charge >= 0.3 is 6.09 Å². The standard InChI is InChI=1S/C39H45N3O9/c1-26-33(23-41-17-15-39(16-18-41)48-19-20-49-39)50-37(51-35(26)30-11-9-28(24-43)10-12-30)31-13-7-27(8-14-31)22-42-34(44)21-32(36(42)45)40-38(46)47-25-29-5-3-2-4-6-29/h2-14,26,32-33,35,37,43H,15-25H2,1H3,(H,40,46)/t26-,32?,33+,35+,37+/m0/s1. The van der Waals surface area contributed by atoms with E-state index >= 15 is 0 Å². The molecule has 3 amide bonds. The van der Waals surface area contributed by atoms with Gasteiger partial charge < -0.3 is 39.0 Å². The largest absolute Gasteiger partial charge is 0.445 e. The number of nitrogens with one attached hydrogen (secondary N) is 1. The van der Waals surface area contributed by atoms with E-state index in [4.69, 9.17) is 23.7 Å². The number of ether oxygens (including phenoxy) is 5. The van der Waals surface area contributed by atoms with Gasteiger partial charge in [-0.15, -0.1) is 0 Å². The number of aliphatic hydroxyl groups excluding tert-OH is 1. The van der Waals surface area contributed by atoms with Crippen molar-refractivity contribution in [1.82, 2.24) is 15.1 Å². The van der Waals surface area contributed by atoms with Gasteiger partial charge in [0.2, 0.25) is 5.91 Å². The zero-order valence-electron chi connectivity index (χ0n) is 28.8. The topological polar surface area (TPSA) is 136 Å². The maximum Gasteiger partial charge on any atom is 0.408 e. The molecule has 0 bridgehead atoms. The predicted molar refractivity (Wildman–Crippen MR) is 183 cm³/mol. The number of aliphatic hydroxyl groups is 1. The van der Waals surface area contributed by atoms with Gasteiger partial charge in [0, 0.05) is 44.0 Å². The maximum atomic E-state index is 13.1. The third-order valence-corrected chi connectivity index (χ3v) is 10.3. The highest BCUT2D eigenvalue weighted by atomic mass is 16.7. The van der Waals surface area contributed by atoms with Crippen molar-refractivity contribution in [2.24, 2.45) is 5.92 Å². The van der Waals surface area contributed by atoms with E-state index in [-0.39, 0.29) is 50.2 Å². The molecule has 7 rings (SSSR count). The summed E-state index contributed by atoms with van der Waals surface area (Å²) in [6.45, 7) is 5.98. The second-order valence-electron chi connectivity index (χ2n) is 13.8. The van der Waals surface area contributed by atoms with Crippen molar-refractivity contribution < 1.29 is 43.2 Å². The van der Waals surface area contributed by atoms with Crippen LogP contribution in [0, 0.1) is 5.92 Å². The summed E-state index contributed by atoms with van der Waals surface area (Å²) in [7, 11) is 0. The Balaban J connectivity index is 0.995. The van der Waals surface area contributed by atoms with Crippen LogP contribution in [-0.4, -0.2) is 83.6 Å². The Hall–Kier alpha value is -4.17. The first-order chi connectivity index (χ1) is 24.8. The van der Waals surface area contributed by atoms with E-state index in [1.165, 1.54) is 4.90 Å². The third kappa shape index (κ3) is 8.17. The first kappa shape index (κ1) is 35.2. The molecule has 0 radical (unpaired) electrons. The molecule has 4 aliphatic heterocycles. The van der Waals surface area contributed by atoms with Gasteiger partial charge in [0.1, 0.15) is 12.6 Å². The fourth-order valence-electron chi connectivity index (χ4n) is 7.28. The van der Waals surface area contributed by atoms with Crippen LogP contribution >= 0.6 is 0 Å². The van der Waals surface area contributed by atoms with Crippen LogP contribution in [0.1, 0.15) is 66.4 Å². The highest BCUT2D eigenvalue weighted by Crippen LogP contribution is 2.42. The average molecular weight is 700 g/mol. The fourth-order valence-corrected chi connectivity index (χ4v) is 7.28. The van der Waals surface area contributed by atoms with Crippen LogP contribution in [0.5, 0.6) is 0 Å². The molecule has 0 aliphatic carbocycles. The number of nitrogens with zero attached hydrogens (tertiary/aromatic N) is 2. The van der Waals surface area contributed by atoms with Gasteiger partial charge in [-0.3, -0.25) is 14.5 Å². The quantitative estimate of drug-likeness (QED) is 0.294. The summed E-state index contributed by atoms with van der Waals surface area (Å²) in [6, 6.07) is 23.6. The molecule has 3 aromatic carbocycles. The van der Waals surface area contributed by atoms with E-state index < -0.39 is 30.1 Å². The molecule has 4 heterocycles. The van der Waals surface area contributed by atoms with E-state index in [0.29, 0.717) is 13.2 Å². The minimum Gasteiger partial charge on any atom is -0.445 e. The Labute approximate surface area is 297 Å². The highest BCUT2D eigenvalue weighted by Gasteiger charge is 2.43. The number of benzene rings is 3. The van der Waals surface area contributed by atoms with Crippen molar-refractivity contribution in [1.29, 1.82) is 0 Å². The molecule has 4 saturated heterocycles. The SMILES string of the molecule is C[C@H]1[C@@H](CN2CCC3(CC2)OCCO3)O[C@@H](c2ccc(CN3C(=O)CC(NC(=O)OCc4ccccc4)C3=O)cc2)O[C@H]1c1ccc(CO)cc1. The second-order valence-corrected chi connectivity index (χ2v) is 13.8. The summed E-state index contributed by atoms with van der Waals surface area (Å²) in [5.74, 6) is -1.24. The lowest BCUT2D eigenvalue weighted by Crippen LogP contribution is -2.50. The van der Waals surface area contributed by atoms with Crippen molar-refractivity contribution in [3.63, 3.8) is 0 Å². The lowest BCUT2D eigenvalue weighted by Gasteiger charge is -2.44. The molecule has 12 nitrogen and oxygen atoms in total. The van der Waals surface area contributed by atoms with Gasteiger partial charge in [0.25, 0.3) is 5.91 Å². The monoisotopic (exact) mass is 699 g/mol. The lowest BCUT2D eigenvalue weighted by atomic mass is 9.89. The molecule has 2 N–H and O–H groups in total. The van der Waals surface area contributed by atoms with Gasteiger partial charge in [0.05, 0.1) is 45.0 Å². The van der Waals surface area contributed by atoms with Crippen molar-refractivity contribution in [3.8, 4) is 0 Å². The van der Waals surface area contributed by atoms with Crippen molar-refractivity contribution in [2.45, 2.75) is 76.3 Å². The summed E-state index contributed by atoms with van der Waals surface area (Å²) < 4.78 is 30.4. The molecule has 12 heteroatoms. The molecule has 4 aliphatic rings. The molecule has 5 atom stereocenters. The van der Waals surface area contributed by atoms with Crippen LogP contribution in [0.15, 0.2) is 78.9 Å². The predicted octanol–water partition coefficient (Wildman–Crippen LogP) is 4.36. The van der Waals surface area contributed by atoms with Crippen molar-refractivity contribution in [2.75, 3.05) is 32.8 Å². The first-order valence-corrected chi connectivity index (χ1v) is 17.7. The molecular formula is C39H45N3O9. The number of rotatable bonds is 10. The summed E-state index contributed by atoms with van der Waals surface area (Å²) >= 11 is 0. The average Bonchev–Trinajstić information content (AvgIpc) is 3.72. The van der Waals surface area contributed by atoms with Gasteiger partial charge in [-0.1, -0.05) is 85.8 Å². The molecule has 1 spiro atoms. The van der Waals surface area contributed by atoms with Crippen molar-refractivity contribution >= 4 is 17.9 Å². The number of likely N-dealkylation sites (tertiary alicyclic amines) is 2. The third-order valence-electron chi connectivity index (χ3n) is 10.3. The summed E-state index contributed by atoms with van der Waals surface area (Å²) in [6.07, 6.45) is -0.265. The first-order valence-electron chi connectivity index (χ1n) is 17.7. The van der Waals surface area contributed by atoms with E-state index in [2.05, 4.69) is 17.1 Å². The molecule has 0 aromatic heterocycles. The Morgan fingerprint density at radius 3 is 2.24 bits per heavy atom. The second kappa shape index (κ2) is 15.6. The van der Waals surface area contributed by atoms with Crippen molar-refractivity contribution in [3.05, 3.63) is 107 Å². The number of imide groups is 1. The van der Waals surface area contributed by atoms with E-state index in [0.717, 1.165) is 60.3 Å². The number of alkyl carbamates (subject to hydrolysis) is 1. The van der Waals surface area contributed by atoms with E-state index in [1.807, 2.05) is 78.9 Å². The Morgan fingerprint density at radius 1 is 0.882 bits per heavy atom. The van der Waals surface area contributed by atoms with Crippen LogP contribution in [0.2, 0.25) is 0 Å². The number of carbonyl (C=O) groups excluding carboxylic acids is 3. The van der Waals surface area contributed by atoms with Crippen LogP contribution < -0.4 is 5.32 Å². The molecule has 3 aromatic rings. The summed E-state index contributed by atoms with van der Waals surface area (Å²) in [4.78, 5) is 41.9. The zero-order valence-corrected chi connectivity index (χ0v) is 28.8. The van der Waals surface area contributed by atoms with Gasteiger partial charge in [0.15, 0.2) is 12.1 Å². The Bertz CT molecular complexity index is 1650. The van der Waals surface area contributed by atoms with E-state index in [9.17, 15) is 19.5 Å². The molecule has 270 valence electrons. The number of hydrogen-bond donors (Lipinski definition) is 2. The van der Waals surface area contributed by atoms with Gasteiger partial charge in [-0.2, -0.15) is 0 Å². The number of amides is 3. The number of hydrogen-bond acceptors (Lipinski definition) is 10. The zero-order chi connectivity index (χ0) is 35.4. The molecular weight excluding hydrogens is 654 g/mol. The van der Waals surface area contributed by atoms with Crippen LogP contribution in [0.4, 0.5) is 4.79 Å². The van der Waals surface area contributed by atoms with Gasteiger partial charge in [-0.25, -0.2) is 4.79 Å². The number of carbonyl (C=O) groups is 3. The lowest BCUT2D eigenvalue weighted by molar-refractivity contribution is -0.278. The summed E-state index contributed by atoms with van der Waals surface area (Å²) in [5, 5.41) is 12.1. The van der Waals surface area contributed by atoms with Gasteiger partial charge in [-0.05, 0) is 22.3 Å². The van der Waals surface area contributed by atoms with Crippen LogP contribution in [0.25, 0.3) is 0 Å². The minimum absolute atomic E-state index is 0.0287.